The Balaban J connectivity index is 1.60. The summed E-state index contributed by atoms with van der Waals surface area (Å²) in [6, 6.07) is 0. The van der Waals surface area contributed by atoms with Crippen molar-refractivity contribution < 1.29 is 0 Å². The Labute approximate surface area is 133 Å². The van der Waals surface area contributed by atoms with Gasteiger partial charge < -0.3 is 0 Å². The molecule has 18 heavy (non-hydrogen) atoms. The lowest BCUT2D eigenvalue weighted by Crippen LogP contribution is -2.14. The van der Waals surface area contributed by atoms with Gasteiger partial charge in [-0.05, 0) is 68.9 Å². The van der Waals surface area contributed by atoms with Gasteiger partial charge in [0.1, 0.15) is 8.75 Å². The van der Waals surface area contributed by atoms with E-state index in [4.69, 9.17) is 0 Å². The van der Waals surface area contributed by atoms with E-state index in [1.165, 1.54) is 8.75 Å². The lowest BCUT2D eigenvalue weighted by Gasteiger charge is -2.13. The van der Waals surface area contributed by atoms with Crippen molar-refractivity contribution in [2.24, 2.45) is 9.98 Å². The summed E-state index contributed by atoms with van der Waals surface area (Å²) in [6.45, 7) is 10.9. The fraction of sp³-hybridized carbons (Fsp3) is 0.800. The van der Waals surface area contributed by atoms with Crippen LogP contribution in [-0.4, -0.2) is 31.3 Å². The van der Waals surface area contributed by atoms with Crippen molar-refractivity contribution in [1.82, 2.24) is 0 Å². The Bertz CT molecular complexity index is 341. The highest BCUT2D eigenvalue weighted by Gasteiger charge is 2.29. The Morgan fingerprint density at radius 1 is 0.833 bits per heavy atom. The lowest BCUT2D eigenvalue weighted by molar-refractivity contribution is 0.741. The molecule has 0 saturated heterocycles. The average Bonchev–Trinajstić information content (AvgIpc) is 2.76. The highest BCUT2D eigenvalue weighted by atomic mass is 33.7. The molecule has 2 aliphatic rings. The third-order valence-electron chi connectivity index (χ3n) is 2.14. The number of thioether (sulfide) groups is 2. The molecule has 0 radical (unpaired) electrons. The van der Waals surface area contributed by atoms with Crippen LogP contribution in [0.2, 0.25) is 0 Å². The third kappa shape index (κ3) is 5.09. The molecule has 0 aromatic carbocycles. The van der Waals surface area contributed by atoms with E-state index in [9.17, 15) is 0 Å². The Hall–Kier alpha value is 1.44. The summed E-state index contributed by atoms with van der Waals surface area (Å²) in [7, 11) is 7.13. The minimum absolute atomic E-state index is 0.288. The van der Waals surface area contributed by atoms with Crippen molar-refractivity contribution >= 4 is 73.5 Å². The summed E-state index contributed by atoms with van der Waals surface area (Å²) in [5, 5.41) is 0. The van der Waals surface area contributed by atoms with Gasteiger partial charge in [0.15, 0.2) is 0 Å². The first kappa shape index (κ1) is 15.8. The van der Waals surface area contributed by atoms with Gasteiger partial charge in [-0.15, -0.1) is 0 Å². The molecule has 0 saturated carbocycles. The summed E-state index contributed by atoms with van der Waals surface area (Å²) in [5.74, 6) is 0. The summed E-state index contributed by atoms with van der Waals surface area (Å²) in [4.78, 5) is 9.09. The van der Waals surface area contributed by atoms with Gasteiger partial charge >= 0.3 is 0 Å². The van der Waals surface area contributed by atoms with Crippen LogP contribution < -0.4 is 0 Å². The van der Waals surface area contributed by atoms with E-state index in [-0.39, 0.29) is 9.49 Å². The fourth-order valence-electron chi connectivity index (χ4n) is 1.28. The smallest absolute Gasteiger partial charge is 0.136 e. The molecule has 0 spiro atoms. The van der Waals surface area contributed by atoms with E-state index >= 15 is 0 Å². The molecule has 2 heterocycles. The topological polar surface area (TPSA) is 24.7 Å². The van der Waals surface area contributed by atoms with E-state index in [1.54, 1.807) is 41.2 Å². The largest absolute Gasteiger partial charge is 0.270 e. The van der Waals surface area contributed by atoms with Crippen LogP contribution in [0.5, 0.6) is 0 Å². The zero-order chi connectivity index (χ0) is 13.2. The van der Waals surface area contributed by atoms with Crippen LogP contribution in [0.3, 0.4) is 0 Å². The molecule has 0 unspecified atom stereocenters. The van der Waals surface area contributed by atoms with E-state index in [0.717, 1.165) is 13.1 Å². The van der Waals surface area contributed by atoms with Gasteiger partial charge in [0.25, 0.3) is 0 Å². The monoisotopic (exact) mass is 356 g/mol. The number of nitrogens with zero attached hydrogens (tertiary/aromatic N) is 2. The van der Waals surface area contributed by atoms with Gasteiger partial charge in [0.2, 0.25) is 0 Å². The van der Waals surface area contributed by atoms with Crippen LogP contribution in [-0.2, 0) is 0 Å². The molecule has 2 aliphatic heterocycles. The molecule has 0 aromatic rings. The van der Waals surface area contributed by atoms with Gasteiger partial charge in [-0.2, -0.15) is 0 Å². The maximum absolute atomic E-state index is 4.54. The maximum atomic E-state index is 4.54. The molecule has 0 fully saturated rings. The van der Waals surface area contributed by atoms with E-state index in [1.807, 2.05) is 23.5 Å². The standard InChI is InChI=1S/C10H16N2S6/c1-9(2)5-11-7(13-9)15-17-18-16-8-12-6-10(3,4)14-8/h5-6H2,1-4H3. The molecule has 0 bridgehead atoms. The summed E-state index contributed by atoms with van der Waals surface area (Å²) < 4.78 is 2.99. The van der Waals surface area contributed by atoms with Crippen molar-refractivity contribution in [3.8, 4) is 0 Å². The van der Waals surface area contributed by atoms with Crippen LogP contribution in [0.4, 0.5) is 0 Å². The second-order valence-corrected chi connectivity index (χ2v) is 14.7. The van der Waals surface area contributed by atoms with Crippen LogP contribution in [0.15, 0.2) is 9.98 Å². The van der Waals surface area contributed by atoms with Gasteiger partial charge in [-0.1, -0.05) is 23.5 Å². The molecule has 0 amide bonds. The molecule has 0 atom stereocenters. The number of hydrogen-bond donors (Lipinski definition) is 0. The summed E-state index contributed by atoms with van der Waals surface area (Å²) >= 11 is 3.77. The van der Waals surface area contributed by atoms with Crippen LogP contribution in [0.1, 0.15) is 27.7 Å². The lowest BCUT2D eigenvalue weighted by atomic mass is 10.2. The van der Waals surface area contributed by atoms with Crippen molar-refractivity contribution in [1.29, 1.82) is 0 Å². The number of aliphatic imine (C=N–C) groups is 2. The van der Waals surface area contributed by atoms with E-state index in [2.05, 4.69) is 37.7 Å². The zero-order valence-electron chi connectivity index (χ0n) is 10.8. The van der Waals surface area contributed by atoms with Crippen LogP contribution in [0.25, 0.3) is 0 Å². The first-order chi connectivity index (χ1) is 8.36. The molecule has 102 valence electrons. The molecule has 2 rings (SSSR count). The molecule has 0 N–H and O–H groups in total. The Morgan fingerprint density at radius 2 is 1.22 bits per heavy atom. The molecule has 2 nitrogen and oxygen atoms in total. The second-order valence-electron chi connectivity index (χ2n) is 5.19. The molecule has 8 heteroatoms. The fourth-order valence-corrected chi connectivity index (χ4v) is 10.8. The van der Waals surface area contributed by atoms with Crippen LogP contribution >= 0.6 is 64.8 Å². The summed E-state index contributed by atoms with van der Waals surface area (Å²) in [5.41, 5.74) is 0. The predicted octanol–water partition coefficient (Wildman–Crippen LogP) is 5.43. The zero-order valence-corrected chi connectivity index (χ0v) is 15.7. The van der Waals surface area contributed by atoms with Gasteiger partial charge in [-0.25, -0.2) is 0 Å². The van der Waals surface area contributed by atoms with Crippen molar-refractivity contribution in [3.63, 3.8) is 0 Å². The first-order valence-electron chi connectivity index (χ1n) is 5.51. The highest BCUT2D eigenvalue weighted by molar-refractivity contribution is 9.30. The third-order valence-corrected chi connectivity index (χ3v) is 11.2. The number of hydrogen-bond acceptors (Lipinski definition) is 8. The summed E-state index contributed by atoms with van der Waals surface area (Å²) in [6.07, 6.45) is 0. The number of rotatable bonds is 3. The van der Waals surface area contributed by atoms with E-state index in [0.29, 0.717) is 0 Å². The average molecular weight is 357 g/mol. The Kier molecular flexibility index (Phi) is 5.69. The molecule has 0 aromatic heterocycles. The van der Waals surface area contributed by atoms with Crippen molar-refractivity contribution in [3.05, 3.63) is 0 Å². The second kappa shape index (κ2) is 6.47. The quantitative estimate of drug-likeness (QED) is 0.494. The molecule has 0 aliphatic carbocycles. The van der Waals surface area contributed by atoms with Gasteiger partial charge in [-0.3, -0.25) is 9.98 Å². The highest BCUT2D eigenvalue weighted by Crippen LogP contribution is 2.51. The van der Waals surface area contributed by atoms with Crippen molar-refractivity contribution in [2.45, 2.75) is 37.2 Å². The Morgan fingerprint density at radius 3 is 1.50 bits per heavy atom. The van der Waals surface area contributed by atoms with Gasteiger partial charge in [0, 0.05) is 9.49 Å². The first-order valence-corrected chi connectivity index (χ1v) is 12.0. The van der Waals surface area contributed by atoms with E-state index < -0.39 is 0 Å². The normalized spacial score (nSPS) is 25.1. The molecular weight excluding hydrogens is 341 g/mol. The molecular formula is C10H16N2S6. The predicted molar refractivity (Wildman–Crippen MR) is 98.3 cm³/mol. The maximum Gasteiger partial charge on any atom is 0.136 e. The SMILES string of the molecule is CC1(C)CN=C(SSSSC2=NCC(C)(C)S2)S1. The minimum Gasteiger partial charge on any atom is -0.270 e. The van der Waals surface area contributed by atoms with Gasteiger partial charge in [0.05, 0.1) is 13.1 Å². The van der Waals surface area contributed by atoms with Crippen LogP contribution in [0, 0.1) is 0 Å². The minimum atomic E-state index is 0.288. The van der Waals surface area contributed by atoms with Crippen molar-refractivity contribution in [2.75, 3.05) is 13.1 Å².